The molecule has 3 rings (SSSR count). The number of nitrogens with one attached hydrogen (secondary N) is 2. The van der Waals surface area contributed by atoms with Crippen molar-refractivity contribution < 1.29 is 9.53 Å². The molecule has 0 saturated heterocycles. The van der Waals surface area contributed by atoms with E-state index in [0.717, 1.165) is 16.3 Å². The van der Waals surface area contributed by atoms with Gasteiger partial charge in [0, 0.05) is 5.39 Å². The van der Waals surface area contributed by atoms with Crippen molar-refractivity contribution in [2.45, 2.75) is 6.61 Å². The quantitative estimate of drug-likeness (QED) is 0.507. The second-order valence-corrected chi connectivity index (χ2v) is 5.06. The van der Waals surface area contributed by atoms with Gasteiger partial charge in [-0.2, -0.15) is 0 Å². The van der Waals surface area contributed by atoms with Gasteiger partial charge >= 0.3 is 6.09 Å². The number of hydrazine groups is 1. The second-order valence-electron chi connectivity index (χ2n) is 5.06. The zero-order valence-corrected chi connectivity index (χ0v) is 12.5. The molecule has 0 heterocycles. The number of hydrogen-bond donors (Lipinski definition) is 3. The molecule has 0 aliphatic rings. The third-order valence-electron chi connectivity index (χ3n) is 3.48. The van der Waals surface area contributed by atoms with Crippen molar-refractivity contribution in [3.63, 3.8) is 0 Å². The first-order valence-electron chi connectivity index (χ1n) is 7.24. The van der Waals surface area contributed by atoms with E-state index in [0.29, 0.717) is 11.4 Å². The van der Waals surface area contributed by atoms with E-state index in [1.807, 2.05) is 66.7 Å². The molecular weight excluding hydrogens is 290 g/mol. The van der Waals surface area contributed by atoms with Gasteiger partial charge in [-0.3, -0.25) is 5.43 Å². The summed E-state index contributed by atoms with van der Waals surface area (Å²) in [5.74, 6) is 0. The van der Waals surface area contributed by atoms with E-state index in [1.165, 1.54) is 0 Å². The number of carbonyl (C=O) groups excluding carboxylic acids is 1. The van der Waals surface area contributed by atoms with Crippen molar-refractivity contribution in [2.75, 3.05) is 11.2 Å². The zero-order chi connectivity index (χ0) is 16.1. The van der Waals surface area contributed by atoms with Crippen LogP contribution in [0, 0.1) is 0 Å². The maximum absolute atomic E-state index is 11.7. The van der Waals surface area contributed by atoms with Gasteiger partial charge in [0.25, 0.3) is 0 Å². The molecule has 3 aromatic rings. The van der Waals surface area contributed by atoms with E-state index in [4.69, 9.17) is 10.5 Å². The summed E-state index contributed by atoms with van der Waals surface area (Å²) in [7, 11) is 0. The molecule has 0 spiro atoms. The lowest BCUT2D eigenvalue weighted by Crippen LogP contribution is -2.30. The minimum absolute atomic E-state index is 0.210. The fraction of sp³-hybridized carbons (Fsp3) is 0.0556. The molecule has 0 atom stereocenters. The monoisotopic (exact) mass is 307 g/mol. The Labute approximate surface area is 134 Å². The van der Waals surface area contributed by atoms with Crippen LogP contribution in [-0.4, -0.2) is 6.09 Å². The average molecular weight is 307 g/mol. The summed E-state index contributed by atoms with van der Waals surface area (Å²) in [6, 6.07) is 21.0. The summed E-state index contributed by atoms with van der Waals surface area (Å²) in [6.45, 7) is 0.210. The summed E-state index contributed by atoms with van der Waals surface area (Å²) >= 11 is 0. The molecule has 0 aliphatic carbocycles. The average Bonchev–Trinajstić information content (AvgIpc) is 2.60. The van der Waals surface area contributed by atoms with Gasteiger partial charge < -0.3 is 10.5 Å². The van der Waals surface area contributed by atoms with Crippen molar-refractivity contribution in [2.24, 2.45) is 0 Å². The molecule has 0 aliphatic heterocycles. The van der Waals surface area contributed by atoms with Gasteiger partial charge in [0.15, 0.2) is 0 Å². The van der Waals surface area contributed by atoms with Crippen molar-refractivity contribution >= 4 is 28.2 Å². The summed E-state index contributed by atoms with van der Waals surface area (Å²) in [6.07, 6.45) is -0.568. The fourth-order valence-corrected chi connectivity index (χ4v) is 2.28. The van der Waals surface area contributed by atoms with Crippen molar-refractivity contribution in [3.05, 3.63) is 72.3 Å². The van der Waals surface area contributed by atoms with Gasteiger partial charge in [-0.25, -0.2) is 10.2 Å². The van der Waals surface area contributed by atoms with Crippen LogP contribution in [-0.2, 0) is 11.3 Å². The normalized spacial score (nSPS) is 10.3. The van der Waals surface area contributed by atoms with Gasteiger partial charge in [-0.05, 0) is 17.0 Å². The van der Waals surface area contributed by atoms with Gasteiger partial charge in [0.1, 0.15) is 6.61 Å². The Morgan fingerprint density at radius 3 is 2.52 bits per heavy atom. The molecule has 116 valence electrons. The Hall–Kier alpha value is -3.21. The first kappa shape index (κ1) is 14.7. The van der Waals surface area contributed by atoms with Crippen LogP contribution in [0.15, 0.2) is 66.7 Å². The Balaban J connectivity index is 1.60. The third-order valence-corrected chi connectivity index (χ3v) is 3.48. The fourth-order valence-electron chi connectivity index (χ4n) is 2.28. The Morgan fingerprint density at radius 2 is 1.70 bits per heavy atom. The first-order valence-corrected chi connectivity index (χ1v) is 7.24. The lowest BCUT2D eigenvalue weighted by molar-refractivity contribution is 0.142. The number of nitrogen functional groups attached to an aromatic ring is 1. The van der Waals surface area contributed by atoms with Gasteiger partial charge in [-0.1, -0.05) is 60.7 Å². The van der Waals surface area contributed by atoms with E-state index in [1.54, 1.807) is 0 Å². The highest BCUT2D eigenvalue weighted by molar-refractivity contribution is 5.99. The van der Waals surface area contributed by atoms with Gasteiger partial charge in [0.2, 0.25) is 0 Å². The Morgan fingerprint density at radius 1 is 0.957 bits per heavy atom. The summed E-state index contributed by atoms with van der Waals surface area (Å²) in [4.78, 5) is 11.7. The molecule has 0 bridgehead atoms. The van der Waals surface area contributed by atoms with E-state index >= 15 is 0 Å². The predicted molar refractivity (Wildman–Crippen MR) is 91.7 cm³/mol. The predicted octanol–water partition coefficient (Wildman–Crippen LogP) is 3.68. The standard InChI is InChI=1S/C18H17N3O2/c19-17-15-9-5-4-8-14(15)10-11-16(17)20-21-18(22)23-12-13-6-2-1-3-7-13/h1-11,20H,12,19H2,(H,21,22). The number of rotatable bonds is 4. The smallest absolute Gasteiger partial charge is 0.426 e. The molecule has 0 aromatic heterocycles. The van der Waals surface area contributed by atoms with E-state index < -0.39 is 6.09 Å². The highest BCUT2D eigenvalue weighted by Crippen LogP contribution is 2.27. The number of fused-ring (bicyclic) bond motifs is 1. The Kier molecular flexibility index (Phi) is 4.29. The largest absolute Gasteiger partial charge is 0.443 e. The van der Waals surface area contributed by atoms with Crippen LogP contribution < -0.4 is 16.6 Å². The lowest BCUT2D eigenvalue weighted by atomic mass is 10.1. The van der Waals surface area contributed by atoms with E-state index in [2.05, 4.69) is 10.9 Å². The van der Waals surface area contributed by atoms with Gasteiger partial charge in [0.05, 0.1) is 11.4 Å². The summed E-state index contributed by atoms with van der Waals surface area (Å²) in [5.41, 5.74) is 13.5. The minimum atomic E-state index is -0.568. The summed E-state index contributed by atoms with van der Waals surface area (Å²) in [5, 5.41) is 1.97. The molecule has 0 fully saturated rings. The lowest BCUT2D eigenvalue weighted by Gasteiger charge is -2.13. The number of benzene rings is 3. The van der Waals surface area contributed by atoms with Crippen LogP contribution >= 0.6 is 0 Å². The Bertz CT molecular complexity index is 819. The van der Waals surface area contributed by atoms with Crippen LogP contribution in [0.2, 0.25) is 0 Å². The molecule has 0 radical (unpaired) electrons. The molecule has 4 N–H and O–H groups in total. The number of carbonyl (C=O) groups is 1. The zero-order valence-electron chi connectivity index (χ0n) is 12.5. The van der Waals surface area contributed by atoms with Crippen LogP contribution in [0.3, 0.4) is 0 Å². The topological polar surface area (TPSA) is 76.4 Å². The van der Waals surface area contributed by atoms with Crippen LogP contribution in [0.25, 0.3) is 10.8 Å². The molecule has 5 nitrogen and oxygen atoms in total. The van der Waals surface area contributed by atoms with Crippen LogP contribution in [0.4, 0.5) is 16.2 Å². The minimum Gasteiger partial charge on any atom is -0.443 e. The van der Waals surface area contributed by atoms with Crippen molar-refractivity contribution in [1.82, 2.24) is 5.43 Å². The first-order chi connectivity index (χ1) is 11.2. The number of nitrogens with two attached hydrogens (primary N) is 1. The second kappa shape index (κ2) is 6.70. The number of anilines is 2. The number of hydrogen-bond acceptors (Lipinski definition) is 4. The molecule has 0 saturated carbocycles. The maximum Gasteiger partial charge on any atom is 0.426 e. The van der Waals surface area contributed by atoms with Crippen molar-refractivity contribution in [3.8, 4) is 0 Å². The molecule has 3 aromatic carbocycles. The van der Waals surface area contributed by atoms with E-state index in [-0.39, 0.29) is 6.61 Å². The highest BCUT2D eigenvalue weighted by Gasteiger charge is 2.06. The molecule has 5 heteroatoms. The maximum atomic E-state index is 11.7. The molecule has 0 unspecified atom stereocenters. The highest BCUT2D eigenvalue weighted by atomic mass is 16.6. The molecule has 23 heavy (non-hydrogen) atoms. The van der Waals surface area contributed by atoms with Gasteiger partial charge in [-0.15, -0.1) is 0 Å². The molecular formula is C18H17N3O2. The number of amides is 1. The third kappa shape index (κ3) is 3.52. The molecule has 1 amide bonds. The summed E-state index contributed by atoms with van der Waals surface area (Å²) < 4.78 is 5.12. The van der Waals surface area contributed by atoms with E-state index in [9.17, 15) is 4.79 Å². The SMILES string of the molecule is Nc1c(NNC(=O)OCc2ccccc2)ccc2ccccc12. The van der Waals surface area contributed by atoms with Crippen LogP contribution in [0.1, 0.15) is 5.56 Å². The number of ether oxygens (including phenoxy) is 1. The van der Waals surface area contributed by atoms with Crippen molar-refractivity contribution in [1.29, 1.82) is 0 Å². The van der Waals surface area contributed by atoms with Crippen LogP contribution in [0.5, 0.6) is 0 Å².